The molecule has 4 rings (SSSR count). The maximum Gasteiger partial charge on any atom is 0.422 e. The Hall–Kier alpha value is -2.90. The summed E-state index contributed by atoms with van der Waals surface area (Å²) in [6, 6.07) is 7.90. The highest BCUT2D eigenvalue weighted by Crippen LogP contribution is 2.28. The lowest BCUT2D eigenvalue weighted by atomic mass is 10.3. The highest BCUT2D eigenvalue weighted by Gasteiger charge is 2.25. The Balaban J connectivity index is 1.83. The van der Waals surface area contributed by atoms with Gasteiger partial charge in [-0.25, -0.2) is 18.5 Å². The third kappa shape index (κ3) is 1.84. The third-order valence-corrected chi connectivity index (χ3v) is 4.37. The molecule has 1 N–H and O–H groups in total. The molecule has 8 heteroatoms. The van der Waals surface area contributed by atoms with Crippen LogP contribution in [0.2, 0.25) is 0 Å². The Morgan fingerprint density at radius 1 is 1.17 bits per heavy atom. The van der Waals surface area contributed by atoms with Crippen molar-refractivity contribution in [2.75, 3.05) is 0 Å². The fourth-order valence-electron chi connectivity index (χ4n) is 3.17. The van der Waals surface area contributed by atoms with Gasteiger partial charge in [-0.3, -0.25) is 4.79 Å². The molecule has 0 saturated heterocycles. The fraction of sp³-hybridized carbons (Fsp3) is 0.333. The summed E-state index contributed by atoms with van der Waals surface area (Å²) in [5.41, 5.74) is 1.73. The molecule has 0 radical (unpaired) electrons. The SMILES string of the molecule is Cn1c(/N=N/c2c(O)n3n(c2=O)CCC3)[n+](C)c2ccccc21. The number of fused-ring (bicyclic) bond motifs is 2. The van der Waals surface area contributed by atoms with Gasteiger partial charge in [-0.05, 0) is 18.6 Å². The Morgan fingerprint density at radius 2 is 1.91 bits per heavy atom. The van der Waals surface area contributed by atoms with Crippen LogP contribution in [-0.4, -0.2) is 19.0 Å². The van der Waals surface area contributed by atoms with E-state index in [0.717, 1.165) is 17.5 Å². The van der Waals surface area contributed by atoms with Crippen molar-refractivity contribution in [3.8, 4) is 5.88 Å². The minimum absolute atomic E-state index is 0.00467. The second kappa shape index (κ2) is 4.80. The zero-order valence-electron chi connectivity index (χ0n) is 13.0. The summed E-state index contributed by atoms with van der Waals surface area (Å²) in [7, 11) is 3.78. The predicted molar refractivity (Wildman–Crippen MR) is 83.2 cm³/mol. The van der Waals surface area contributed by atoms with Crippen LogP contribution in [0, 0.1) is 0 Å². The molecular weight excluding hydrogens is 296 g/mol. The van der Waals surface area contributed by atoms with E-state index >= 15 is 0 Å². The van der Waals surface area contributed by atoms with E-state index in [2.05, 4.69) is 10.2 Å². The average Bonchev–Trinajstić information content (AvgIpc) is 3.19. The average molecular weight is 313 g/mol. The van der Waals surface area contributed by atoms with Crippen molar-refractivity contribution < 1.29 is 9.67 Å². The highest BCUT2D eigenvalue weighted by molar-refractivity contribution is 5.73. The van der Waals surface area contributed by atoms with E-state index in [-0.39, 0.29) is 17.1 Å². The molecule has 0 spiro atoms. The Bertz CT molecular complexity index is 968. The number of aryl methyl sites for hydroxylation is 2. The predicted octanol–water partition coefficient (Wildman–Crippen LogP) is 1.49. The number of rotatable bonds is 2. The normalized spacial score (nSPS) is 14.2. The summed E-state index contributed by atoms with van der Waals surface area (Å²) in [6.45, 7) is 1.22. The zero-order chi connectivity index (χ0) is 16.1. The van der Waals surface area contributed by atoms with Crippen LogP contribution in [0.5, 0.6) is 5.88 Å². The van der Waals surface area contributed by atoms with E-state index < -0.39 is 0 Å². The lowest BCUT2D eigenvalue weighted by Gasteiger charge is -1.97. The number of para-hydroxylation sites is 2. The van der Waals surface area contributed by atoms with Crippen LogP contribution in [0.15, 0.2) is 39.3 Å². The molecule has 0 saturated carbocycles. The fourth-order valence-corrected chi connectivity index (χ4v) is 3.17. The topological polar surface area (TPSA) is 80.7 Å². The lowest BCUT2D eigenvalue weighted by Crippen LogP contribution is -2.26. The molecule has 8 nitrogen and oxygen atoms in total. The second-order valence-corrected chi connectivity index (χ2v) is 5.68. The number of nitrogens with zero attached hydrogens (tertiary/aromatic N) is 6. The number of hydrogen-bond acceptors (Lipinski definition) is 4. The molecule has 0 bridgehead atoms. The largest absolute Gasteiger partial charge is 0.492 e. The van der Waals surface area contributed by atoms with Gasteiger partial charge in [0.15, 0.2) is 0 Å². The highest BCUT2D eigenvalue weighted by atomic mass is 16.3. The van der Waals surface area contributed by atoms with Crippen molar-refractivity contribution in [3.63, 3.8) is 0 Å². The Morgan fingerprint density at radius 3 is 2.65 bits per heavy atom. The molecule has 0 unspecified atom stereocenters. The first kappa shape index (κ1) is 13.7. The maximum absolute atomic E-state index is 12.3. The molecule has 1 aliphatic heterocycles. The van der Waals surface area contributed by atoms with Crippen LogP contribution >= 0.6 is 0 Å². The summed E-state index contributed by atoms with van der Waals surface area (Å²) < 4.78 is 6.86. The summed E-state index contributed by atoms with van der Waals surface area (Å²) in [5.74, 6) is 0.485. The summed E-state index contributed by atoms with van der Waals surface area (Å²) in [5, 5.41) is 18.4. The van der Waals surface area contributed by atoms with Crippen LogP contribution in [-0.2, 0) is 27.2 Å². The van der Waals surface area contributed by atoms with E-state index in [1.54, 1.807) is 4.68 Å². The van der Waals surface area contributed by atoms with Crippen molar-refractivity contribution in [1.29, 1.82) is 0 Å². The van der Waals surface area contributed by atoms with Crippen LogP contribution in [0.4, 0.5) is 11.6 Å². The number of aromatic hydroxyl groups is 1. The summed E-state index contributed by atoms with van der Waals surface area (Å²) in [6.07, 6.45) is 0.846. The van der Waals surface area contributed by atoms with Gasteiger partial charge in [0, 0.05) is 18.2 Å². The van der Waals surface area contributed by atoms with Gasteiger partial charge in [-0.15, -0.1) is 0 Å². The molecule has 0 amide bonds. The quantitative estimate of drug-likeness (QED) is 0.574. The van der Waals surface area contributed by atoms with E-state index in [1.807, 2.05) is 47.5 Å². The molecule has 2 aromatic heterocycles. The number of imidazole rings is 1. The molecule has 0 fully saturated rings. The van der Waals surface area contributed by atoms with Crippen LogP contribution in [0.3, 0.4) is 0 Å². The smallest absolute Gasteiger partial charge is 0.422 e. The first-order valence-corrected chi connectivity index (χ1v) is 7.47. The molecule has 3 heterocycles. The molecule has 118 valence electrons. The van der Waals surface area contributed by atoms with Crippen molar-refractivity contribution in [2.24, 2.45) is 24.3 Å². The summed E-state index contributed by atoms with van der Waals surface area (Å²) >= 11 is 0. The minimum atomic E-state index is -0.301. The molecule has 23 heavy (non-hydrogen) atoms. The number of benzene rings is 1. The van der Waals surface area contributed by atoms with Crippen molar-refractivity contribution in [2.45, 2.75) is 19.5 Å². The standard InChI is InChI=1S/C15H16N6O2/c1-18-10-6-3-4-7-11(10)19(2)15(18)17-16-12-13(22)20-8-5-9-21(20)14(12)23/h3-4,6-7H,5,8-9H2,1-2H3/p+1. The molecule has 1 aliphatic rings. The monoisotopic (exact) mass is 313 g/mol. The van der Waals surface area contributed by atoms with Gasteiger partial charge in [0.2, 0.25) is 11.6 Å². The Labute approximate surface area is 131 Å². The molecular formula is C15H17N6O2+. The van der Waals surface area contributed by atoms with E-state index in [1.165, 1.54) is 4.68 Å². The Kier molecular flexibility index (Phi) is 2.87. The van der Waals surface area contributed by atoms with Crippen LogP contribution in [0.25, 0.3) is 11.0 Å². The maximum atomic E-state index is 12.3. The van der Waals surface area contributed by atoms with Gasteiger partial charge in [-0.1, -0.05) is 17.2 Å². The van der Waals surface area contributed by atoms with Gasteiger partial charge in [0.25, 0.3) is 5.56 Å². The molecule has 3 aromatic rings. The molecule has 1 aromatic carbocycles. The summed E-state index contributed by atoms with van der Waals surface area (Å²) in [4.78, 5) is 12.3. The van der Waals surface area contributed by atoms with E-state index in [9.17, 15) is 9.90 Å². The van der Waals surface area contributed by atoms with Crippen LogP contribution < -0.4 is 10.1 Å². The van der Waals surface area contributed by atoms with Gasteiger partial charge < -0.3 is 5.11 Å². The molecule has 0 aliphatic carbocycles. The minimum Gasteiger partial charge on any atom is -0.492 e. The number of aromatic nitrogens is 4. The lowest BCUT2D eigenvalue weighted by molar-refractivity contribution is -0.632. The van der Waals surface area contributed by atoms with E-state index in [4.69, 9.17) is 0 Å². The van der Waals surface area contributed by atoms with Crippen LogP contribution in [0.1, 0.15) is 6.42 Å². The van der Waals surface area contributed by atoms with Crippen molar-refractivity contribution in [3.05, 3.63) is 34.6 Å². The van der Waals surface area contributed by atoms with Gasteiger partial charge in [0.1, 0.15) is 11.0 Å². The number of hydrogen-bond donors (Lipinski definition) is 1. The van der Waals surface area contributed by atoms with Gasteiger partial charge in [0.05, 0.1) is 14.1 Å². The zero-order valence-corrected chi connectivity index (χ0v) is 13.0. The van der Waals surface area contributed by atoms with Gasteiger partial charge >= 0.3 is 5.95 Å². The first-order chi connectivity index (χ1) is 11.1. The first-order valence-electron chi connectivity index (χ1n) is 7.47. The second-order valence-electron chi connectivity index (χ2n) is 5.68. The molecule has 0 atom stereocenters. The number of azo groups is 1. The van der Waals surface area contributed by atoms with Gasteiger partial charge in [-0.2, -0.15) is 0 Å². The van der Waals surface area contributed by atoms with E-state index in [0.29, 0.717) is 19.0 Å². The third-order valence-electron chi connectivity index (χ3n) is 4.37. The van der Waals surface area contributed by atoms with Crippen molar-refractivity contribution >= 4 is 22.7 Å². The van der Waals surface area contributed by atoms with Crippen molar-refractivity contribution in [1.82, 2.24) is 13.9 Å².